The average Bonchev–Trinajstić information content (AvgIpc) is 2.27. The van der Waals surface area contributed by atoms with Crippen molar-refractivity contribution in [3.63, 3.8) is 0 Å². The third-order valence-corrected chi connectivity index (χ3v) is 4.58. The Bertz CT molecular complexity index is 199. The Hall–Kier alpha value is -0.460. The third kappa shape index (κ3) is 2.56. The predicted molar refractivity (Wildman–Crippen MR) is 67.8 cm³/mol. The lowest BCUT2D eigenvalue weighted by Gasteiger charge is -2.46. The molecular formula is C14H27N. The molecule has 0 bridgehead atoms. The van der Waals surface area contributed by atoms with Crippen LogP contribution < -0.4 is 0 Å². The van der Waals surface area contributed by atoms with E-state index < -0.39 is 0 Å². The molecular weight excluding hydrogens is 182 g/mol. The molecule has 15 heavy (non-hydrogen) atoms. The zero-order valence-electron chi connectivity index (χ0n) is 10.9. The van der Waals surface area contributed by atoms with E-state index in [0.717, 1.165) is 11.8 Å². The maximum absolute atomic E-state index is 3.91. The normalized spacial score (nSPS) is 31.7. The molecule has 0 amide bonds. The fourth-order valence-electron chi connectivity index (χ4n) is 2.99. The molecule has 0 aromatic carbocycles. The van der Waals surface area contributed by atoms with Crippen molar-refractivity contribution >= 4 is 0 Å². The SMILES string of the molecule is C=CN(C)C1(CC)CCC(C(C)C)CC1. The van der Waals surface area contributed by atoms with Gasteiger partial charge in [-0.1, -0.05) is 27.4 Å². The zero-order chi connectivity index (χ0) is 11.5. The fraction of sp³-hybridized carbons (Fsp3) is 0.857. The molecule has 1 aliphatic rings. The average molecular weight is 209 g/mol. The van der Waals surface area contributed by atoms with Gasteiger partial charge in [-0.2, -0.15) is 0 Å². The maximum atomic E-state index is 3.91. The zero-order valence-corrected chi connectivity index (χ0v) is 10.9. The highest BCUT2D eigenvalue weighted by molar-refractivity contribution is 4.96. The van der Waals surface area contributed by atoms with Crippen molar-refractivity contribution in [3.05, 3.63) is 12.8 Å². The van der Waals surface area contributed by atoms with Crippen LogP contribution in [0.1, 0.15) is 52.9 Å². The van der Waals surface area contributed by atoms with Crippen molar-refractivity contribution in [2.75, 3.05) is 7.05 Å². The van der Waals surface area contributed by atoms with E-state index in [1.54, 1.807) is 0 Å². The topological polar surface area (TPSA) is 3.24 Å². The molecule has 0 aliphatic heterocycles. The van der Waals surface area contributed by atoms with Crippen molar-refractivity contribution < 1.29 is 0 Å². The predicted octanol–water partition coefficient (Wildman–Crippen LogP) is 4.06. The first-order valence-electron chi connectivity index (χ1n) is 6.41. The second-order valence-electron chi connectivity index (χ2n) is 5.45. The highest BCUT2D eigenvalue weighted by Gasteiger charge is 2.36. The quantitative estimate of drug-likeness (QED) is 0.675. The first-order valence-corrected chi connectivity index (χ1v) is 6.41. The van der Waals surface area contributed by atoms with Gasteiger partial charge in [-0.15, -0.1) is 0 Å². The van der Waals surface area contributed by atoms with Crippen molar-refractivity contribution in [2.24, 2.45) is 11.8 Å². The van der Waals surface area contributed by atoms with Gasteiger partial charge in [-0.25, -0.2) is 0 Å². The van der Waals surface area contributed by atoms with Gasteiger partial charge in [0, 0.05) is 12.6 Å². The molecule has 0 N–H and O–H groups in total. The van der Waals surface area contributed by atoms with Crippen LogP contribution in [0.2, 0.25) is 0 Å². The van der Waals surface area contributed by atoms with Crippen LogP contribution >= 0.6 is 0 Å². The molecule has 1 heteroatoms. The second-order valence-corrected chi connectivity index (χ2v) is 5.45. The van der Waals surface area contributed by atoms with Crippen molar-refractivity contribution in [1.29, 1.82) is 0 Å². The van der Waals surface area contributed by atoms with E-state index in [-0.39, 0.29) is 0 Å². The van der Waals surface area contributed by atoms with E-state index in [9.17, 15) is 0 Å². The molecule has 1 saturated carbocycles. The standard InChI is InChI=1S/C14H27N/c1-6-14(15(5)7-2)10-8-13(9-11-14)12(3)4/h7,12-13H,2,6,8-11H2,1,3-5H3. The summed E-state index contributed by atoms with van der Waals surface area (Å²) in [5, 5.41) is 0. The Kier molecular flexibility index (Phi) is 4.24. The summed E-state index contributed by atoms with van der Waals surface area (Å²) in [6.07, 6.45) is 8.72. The summed E-state index contributed by atoms with van der Waals surface area (Å²) in [6.45, 7) is 10.9. The summed E-state index contributed by atoms with van der Waals surface area (Å²) in [6, 6.07) is 0. The number of hydrogen-bond donors (Lipinski definition) is 0. The molecule has 0 aromatic heterocycles. The molecule has 0 heterocycles. The molecule has 1 nitrogen and oxygen atoms in total. The molecule has 0 radical (unpaired) electrons. The van der Waals surface area contributed by atoms with Crippen LogP contribution in [0.25, 0.3) is 0 Å². The largest absolute Gasteiger partial charge is 0.375 e. The van der Waals surface area contributed by atoms with Crippen LogP contribution in [0, 0.1) is 11.8 Å². The lowest BCUT2D eigenvalue weighted by atomic mass is 9.71. The van der Waals surface area contributed by atoms with E-state index in [1.165, 1.54) is 32.1 Å². The van der Waals surface area contributed by atoms with Crippen LogP contribution in [0.15, 0.2) is 12.8 Å². The minimum atomic E-state index is 0.410. The number of nitrogens with zero attached hydrogens (tertiary/aromatic N) is 1. The molecule has 0 unspecified atom stereocenters. The molecule has 0 saturated heterocycles. The van der Waals surface area contributed by atoms with Gasteiger partial charge in [0.25, 0.3) is 0 Å². The number of rotatable bonds is 4. The lowest BCUT2D eigenvalue weighted by molar-refractivity contribution is 0.0799. The molecule has 1 fully saturated rings. The van der Waals surface area contributed by atoms with Crippen molar-refractivity contribution in [3.8, 4) is 0 Å². The van der Waals surface area contributed by atoms with Crippen LogP contribution in [0.5, 0.6) is 0 Å². The highest BCUT2D eigenvalue weighted by atomic mass is 15.2. The van der Waals surface area contributed by atoms with Gasteiger partial charge in [0.05, 0.1) is 0 Å². The summed E-state index contributed by atoms with van der Waals surface area (Å²) < 4.78 is 0. The first-order chi connectivity index (χ1) is 7.05. The Balaban J connectivity index is 2.62. The van der Waals surface area contributed by atoms with Crippen LogP contribution in [0.4, 0.5) is 0 Å². The minimum Gasteiger partial charge on any atom is -0.375 e. The Morgan fingerprint density at radius 1 is 1.40 bits per heavy atom. The molecule has 1 rings (SSSR count). The lowest BCUT2D eigenvalue weighted by Crippen LogP contribution is -2.46. The van der Waals surface area contributed by atoms with E-state index in [4.69, 9.17) is 0 Å². The van der Waals surface area contributed by atoms with Gasteiger partial charge < -0.3 is 4.90 Å². The first kappa shape index (κ1) is 12.6. The van der Waals surface area contributed by atoms with E-state index in [1.807, 2.05) is 6.20 Å². The van der Waals surface area contributed by atoms with Crippen molar-refractivity contribution in [1.82, 2.24) is 4.90 Å². The summed E-state index contributed by atoms with van der Waals surface area (Å²) >= 11 is 0. The van der Waals surface area contributed by atoms with Gasteiger partial charge in [-0.3, -0.25) is 0 Å². The molecule has 0 aromatic rings. The molecule has 88 valence electrons. The Morgan fingerprint density at radius 2 is 1.93 bits per heavy atom. The minimum absolute atomic E-state index is 0.410. The van der Waals surface area contributed by atoms with E-state index in [2.05, 4.69) is 39.3 Å². The van der Waals surface area contributed by atoms with Gasteiger partial charge >= 0.3 is 0 Å². The number of hydrogen-bond acceptors (Lipinski definition) is 1. The van der Waals surface area contributed by atoms with Crippen molar-refractivity contribution in [2.45, 2.75) is 58.4 Å². The molecule has 1 aliphatic carbocycles. The fourth-order valence-corrected chi connectivity index (χ4v) is 2.99. The summed E-state index contributed by atoms with van der Waals surface area (Å²) in [7, 11) is 2.19. The maximum Gasteiger partial charge on any atom is 0.0391 e. The van der Waals surface area contributed by atoms with Gasteiger partial charge in [0.2, 0.25) is 0 Å². The Labute approximate surface area is 95.5 Å². The van der Waals surface area contributed by atoms with E-state index >= 15 is 0 Å². The summed E-state index contributed by atoms with van der Waals surface area (Å²) in [4.78, 5) is 2.35. The monoisotopic (exact) mass is 209 g/mol. The summed E-state index contributed by atoms with van der Waals surface area (Å²) in [5.74, 6) is 1.80. The second kappa shape index (κ2) is 5.05. The van der Waals surface area contributed by atoms with Gasteiger partial charge in [0.15, 0.2) is 0 Å². The smallest absolute Gasteiger partial charge is 0.0391 e. The highest BCUT2D eigenvalue weighted by Crippen LogP contribution is 2.40. The summed E-state index contributed by atoms with van der Waals surface area (Å²) in [5.41, 5.74) is 0.410. The van der Waals surface area contributed by atoms with Crippen LogP contribution in [-0.4, -0.2) is 17.5 Å². The van der Waals surface area contributed by atoms with Crippen LogP contribution in [0.3, 0.4) is 0 Å². The van der Waals surface area contributed by atoms with Gasteiger partial charge in [0.1, 0.15) is 0 Å². The Morgan fingerprint density at radius 3 is 2.27 bits per heavy atom. The van der Waals surface area contributed by atoms with Gasteiger partial charge in [-0.05, 0) is 50.1 Å². The third-order valence-electron chi connectivity index (χ3n) is 4.58. The van der Waals surface area contributed by atoms with E-state index in [0.29, 0.717) is 5.54 Å². The molecule has 0 spiro atoms. The molecule has 0 atom stereocenters. The van der Waals surface area contributed by atoms with Crippen LogP contribution in [-0.2, 0) is 0 Å².